The van der Waals surface area contributed by atoms with Crippen LogP contribution in [0.5, 0.6) is 0 Å². The summed E-state index contributed by atoms with van der Waals surface area (Å²) in [6.45, 7) is 1.71. The Hall–Kier alpha value is -1.07. The van der Waals surface area contributed by atoms with E-state index < -0.39 is 15.3 Å². The van der Waals surface area contributed by atoms with Crippen LogP contribution < -0.4 is 5.32 Å². The van der Waals surface area contributed by atoms with Crippen LogP contribution in [0.4, 0.5) is 0 Å². The number of carbonyl (C=O) groups excluding carboxylic acids is 1. The van der Waals surface area contributed by atoms with Crippen LogP contribution in [0.3, 0.4) is 0 Å². The van der Waals surface area contributed by atoms with Crippen LogP contribution in [0.15, 0.2) is 24.3 Å². The number of amides is 1. The van der Waals surface area contributed by atoms with Crippen molar-refractivity contribution in [1.82, 2.24) is 5.32 Å². The number of nitrogens with one attached hydrogen (secondary N) is 1. The number of sulfone groups is 1. The smallest absolute Gasteiger partial charge is 0.230 e. The molecule has 20 heavy (non-hydrogen) atoms. The van der Waals surface area contributed by atoms with Gasteiger partial charge in [-0.15, -0.1) is 0 Å². The van der Waals surface area contributed by atoms with Gasteiger partial charge in [-0.05, 0) is 37.5 Å². The zero-order chi connectivity index (χ0) is 15.0. The molecular weight excluding hydrogens is 298 g/mol. The van der Waals surface area contributed by atoms with Crippen LogP contribution in [0, 0.1) is 0 Å². The summed E-state index contributed by atoms with van der Waals surface area (Å²) in [5, 5.41) is 3.44. The molecule has 0 spiro atoms. The van der Waals surface area contributed by atoms with Crippen LogP contribution >= 0.6 is 11.6 Å². The van der Waals surface area contributed by atoms with Gasteiger partial charge in [-0.1, -0.05) is 23.7 Å². The predicted molar refractivity (Wildman–Crippen MR) is 79.7 cm³/mol. The van der Waals surface area contributed by atoms with Crippen LogP contribution in [-0.4, -0.2) is 32.4 Å². The van der Waals surface area contributed by atoms with Gasteiger partial charge in [0.2, 0.25) is 5.91 Å². The zero-order valence-corrected chi connectivity index (χ0v) is 13.1. The number of halogens is 1. The molecule has 0 saturated heterocycles. The van der Waals surface area contributed by atoms with Gasteiger partial charge in [-0.3, -0.25) is 4.79 Å². The van der Waals surface area contributed by atoms with E-state index in [4.69, 9.17) is 11.6 Å². The Kier molecular flexibility index (Phi) is 4.12. The van der Waals surface area contributed by atoms with Gasteiger partial charge in [0.25, 0.3) is 0 Å². The van der Waals surface area contributed by atoms with Crippen LogP contribution in [0.2, 0.25) is 5.02 Å². The second-order valence-corrected chi connectivity index (χ2v) is 8.18. The Morgan fingerprint density at radius 1 is 1.35 bits per heavy atom. The predicted octanol–water partition coefficient (Wildman–Crippen LogP) is 1.92. The first-order valence-electron chi connectivity index (χ1n) is 6.48. The molecule has 6 heteroatoms. The maximum absolute atomic E-state index is 12.4. The van der Waals surface area contributed by atoms with E-state index >= 15 is 0 Å². The Morgan fingerprint density at radius 2 is 1.90 bits per heavy atom. The van der Waals surface area contributed by atoms with Gasteiger partial charge in [0, 0.05) is 17.3 Å². The summed E-state index contributed by atoms with van der Waals surface area (Å²) in [7, 11) is -3.10. The maximum Gasteiger partial charge on any atom is 0.230 e. The van der Waals surface area contributed by atoms with Gasteiger partial charge in [-0.25, -0.2) is 8.42 Å². The molecule has 1 amide bonds. The third-order valence-corrected chi connectivity index (χ3v) is 4.87. The van der Waals surface area contributed by atoms with Gasteiger partial charge in [0.15, 0.2) is 0 Å². The van der Waals surface area contributed by atoms with Crippen molar-refractivity contribution in [2.24, 2.45) is 0 Å². The lowest BCUT2D eigenvalue weighted by Crippen LogP contribution is -2.43. The second kappa shape index (κ2) is 5.37. The highest BCUT2D eigenvalue weighted by Gasteiger charge is 2.51. The number of rotatable bonds is 5. The summed E-state index contributed by atoms with van der Waals surface area (Å²) in [5.74, 6) is -0.147. The fourth-order valence-electron chi connectivity index (χ4n) is 2.40. The van der Waals surface area contributed by atoms with Crippen molar-refractivity contribution in [3.05, 3.63) is 34.9 Å². The molecule has 0 unspecified atom stereocenters. The molecule has 1 saturated carbocycles. The van der Waals surface area contributed by atoms with Crippen molar-refractivity contribution < 1.29 is 13.2 Å². The Balaban J connectivity index is 2.07. The molecule has 110 valence electrons. The minimum absolute atomic E-state index is 0.0462. The summed E-state index contributed by atoms with van der Waals surface area (Å²) >= 11 is 5.85. The fourth-order valence-corrected chi connectivity index (χ4v) is 3.52. The molecule has 0 bridgehead atoms. The fraction of sp³-hybridized carbons (Fsp3) is 0.500. The van der Waals surface area contributed by atoms with E-state index in [1.165, 1.54) is 6.26 Å². The molecule has 1 aliphatic carbocycles. The number of benzene rings is 1. The first kappa shape index (κ1) is 15.3. The minimum Gasteiger partial charge on any atom is -0.352 e. The van der Waals surface area contributed by atoms with Gasteiger partial charge in [-0.2, -0.15) is 0 Å². The quantitative estimate of drug-likeness (QED) is 0.903. The van der Waals surface area contributed by atoms with E-state index in [0.29, 0.717) is 5.02 Å². The van der Waals surface area contributed by atoms with Gasteiger partial charge >= 0.3 is 0 Å². The van der Waals surface area contributed by atoms with Crippen LogP contribution in [-0.2, 0) is 20.0 Å². The first-order valence-corrected chi connectivity index (χ1v) is 8.91. The van der Waals surface area contributed by atoms with Crippen LogP contribution in [0.25, 0.3) is 0 Å². The molecule has 2 rings (SSSR count). The molecule has 1 aromatic carbocycles. The standard InChI is InChI=1S/C14H18ClNO3S/c1-10(9-20(2,18)19)16-13(17)14(7-8-14)11-3-5-12(15)6-4-11/h3-6,10H,7-9H2,1-2H3,(H,16,17)/t10-/m0/s1. The van der Waals surface area contributed by atoms with E-state index in [9.17, 15) is 13.2 Å². The summed E-state index contributed by atoms with van der Waals surface area (Å²) < 4.78 is 22.5. The molecule has 1 aliphatic rings. The van der Waals surface area contributed by atoms with Crippen molar-refractivity contribution in [3.63, 3.8) is 0 Å². The van der Waals surface area contributed by atoms with E-state index in [2.05, 4.69) is 5.32 Å². The van der Waals surface area contributed by atoms with Crippen molar-refractivity contribution in [3.8, 4) is 0 Å². The normalized spacial score (nSPS) is 18.4. The SMILES string of the molecule is C[C@@H](CS(C)(=O)=O)NC(=O)C1(c2ccc(Cl)cc2)CC1. The molecule has 0 radical (unpaired) electrons. The molecule has 1 N–H and O–H groups in total. The molecule has 0 aliphatic heterocycles. The van der Waals surface area contributed by atoms with Crippen molar-refractivity contribution in [1.29, 1.82) is 0 Å². The Bertz CT molecular complexity index is 606. The zero-order valence-electron chi connectivity index (χ0n) is 11.5. The monoisotopic (exact) mass is 315 g/mol. The summed E-state index contributed by atoms with van der Waals surface area (Å²) in [6.07, 6.45) is 2.74. The Labute approximate surface area is 124 Å². The van der Waals surface area contributed by atoms with E-state index in [-0.39, 0.29) is 17.7 Å². The van der Waals surface area contributed by atoms with Crippen LogP contribution in [0.1, 0.15) is 25.3 Å². The summed E-state index contributed by atoms with van der Waals surface area (Å²) in [5.41, 5.74) is 0.432. The third kappa shape index (κ3) is 3.52. The lowest BCUT2D eigenvalue weighted by Gasteiger charge is -2.19. The molecular formula is C14H18ClNO3S. The summed E-state index contributed by atoms with van der Waals surface area (Å²) in [6, 6.07) is 6.86. The second-order valence-electron chi connectivity index (χ2n) is 5.56. The van der Waals surface area contributed by atoms with E-state index in [0.717, 1.165) is 18.4 Å². The highest BCUT2D eigenvalue weighted by Crippen LogP contribution is 2.48. The van der Waals surface area contributed by atoms with Gasteiger partial charge in [0.05, 0.1) is 11.2 Å². The summed E-state index contributed by atoms with van der Waals surface area (Å²) in [4.78, 5) is 12.4. The average Bonchev–Trinajstić information content (AvgIpc) is 3.08. The lowest BCUT2D eigenvalue weighted by molar-refractivity contribution is -0.124. The third-order valence-electron chi connectivity index (χ3n) is 3.51. The average molecular weight is 316 g/mol. The highest BCUT2D eigenvalue weighted by molar-refractivity contribution is 7.90. The van der Waals surface area contributed by atoms with Gasteiger partial charge in [0.1, 0.15) is 9.84 Å². The molecule has 4 nitrogen and oxygen atoms in total. The topological polar surface area (TPSA) is 63.2 Å². The van der Waals surface area contributed by atoms with Gasteiger partial charge < -0.3 is 5.32 Å². The number of hydrogen-bond donors (Lipinski definition) is 1. The minimum atomic E-state index is -3.10. The number of hydrogen-bond acceptors (Lipinski definition) is 3. The Morgan fingerprint density at radius 3 is 2.35 bits per heavy atom. The molecule has 1 atom stereocenters. The number of carbonyl (C=O) groups is 1. The van der Waals surface area contributed by atoms with E-state index in [1.54, 1.807) is 19.1 Å². The highest BCUT2D eigenvalue weighted by atomic mass is 35.5. The largest absolute Gasteiger partial charge is 0.352 e. The van der Waals surface area contributed by atoms with Crippen molar-refractivity contribution in [2.75, 3.05) is 12.0 Å². The van der Waals surface area contributed by atoms with E-state index in [1.807, 2.05) is 12.1 Å². The molecule has 0 heterocycles. The first-order chi connectivity index (χ1) is 9.23. The van der Waals surface area contributed by atoms with Crippen molar-refractivity contribution in [2.45, 2.75) is 31.2 Å². The maximum atomic E-state index is 12.4. The molecule has 1 aromatic rings. The molecule has 0 aromatic heterocycles. The van der Waals surface area contributed by atoms with Crippen molar-refractivity contribution >= 4 is 27.3 Å². The molecule has 1 fully saturated rings. The lowest BCUT2D eigenvalue weighted by atomic mass is 9.95.